The van der Waals surface area contributed by atoms with Gasteiger partial charge in [0, 0.05) is 24.7 Å². The van der Waals surface area contributed by atoms with Crippen molar-refractivity contribution in [1.29, 1.82) is 0 Å². The van der Waals surface area contributed by atoms with E-state index in [9.17, 15) is 18.4 Å². The minimum absolute atomic E-state index is 0.0244. The fraction of sp³-hybridized carbons (Fsp3) is 0.158. The van der Waals surface area contributed by atoms with Crippen LogP contribution in [-0.2, 0) is 20.5 Å². The van der Waals surface area contributed by atoms with Crippen LogP contribution in [0, 0.1) is 11.6 Å². The number of nitrogens with one attached hydrogen (secondary N) is 1. The minimum atomic E-state index is -1.00. The predicted octanol–water partition coefficient (Wildman–Crippen LogP) is 7.20. The predicted molar refractivity (Wildman–Crippen MR) is 169 cm³/mol. The summed E-state index contributed by atoms with van der Waals surface area (Å²) in [7, 11) is 0. The molecule has 1 saturated carbocycles. The maximum Gasteiger partial charge on any atom is 0.328 e. The Morgan fingerprint density at radius 3 is 1.80 bits per heavy atom. The fourth-order valence-electron chi connectivity index (χ4n) is 6.58. The van der Waals surface area contributed by atoms with Gasteiger partial charge in [-0.15, -0.1) is 0 Å². The normalized spacial score (nSPS) is 17.7. The molecule has 2 aliphatic rings. The first-order valence-electron chi connectivity index (χ1n) is 14.9. The Morgan fingerprint density at radius 2 is 1.27 bits per heavy atom. The number of rotatable bonds is 8. The van der Waals surface area contributed by atoms with E-state index in [1.807, 2.05) is 91.0 Å². The second kappa shape index (κ2) is 11.1. The van der Waals surface area contributed by atoms with Gasteiger partial charge in [-0.05, 0) is 47.4 Å². The van der Waals surface area contributed by atoms with E-state index in [-0.39, 0.29) is 24.5 Å². The van der Waals surface area contributed by atoms with E-state index < -0.39 is 34.6 Å². The van der Waals surface area contributed by atoms with Crippen molar-refractivity contribution in [2.24, 2.45) is 0 Å². The van der Waals surface area contributed by atoms with Crippen LogP contribution in [0.5, 0.6) is 5.75 Å². The lowest BCUT2D eigenvalue weighted by molar-refractivity contribution is -0.136. The topological polar surface area (TPSA) is 58.6 Å². The molecule has 0 unspecified atom stereocenters. The molecule has 1 spiro atoms. The average molecular weight is 601 g/mol. The smallest absolute Gasteiger partial charge is 0.328 e. The number of esters is 1. The van der Waals surface area contributed by atoms with Crippen molar-refractivity contribution < 1.29 is 23.1 Å². The first kappa shape index (κ1) is 28.6. The lowest BCUT2D eigenvalue weighted by Crippen LogP contribution is -2.52. The van der Waals surface area contributed by atoms with Crippen LogP contribution in [0.3, 0.4) is 0 Å². The van der Waals surface area contributed by atoms with Crippen LogP contribution in [0.15, 0.2) is 127 Å². The van der Waals surface area contributed by atoms with Gasteiger partial charge in [-0.1, -0.05) is 103 Å². The highest BCUT2D eigenvalue weighted by atomic mass is 19.2. The lowest BCUT2D eigenvalue weighted by atomic mass is 9.76. The van der Waals surface area contributed by atoms with Gasteiger partial charge in [-0.25, -0.2) is 13.6 Å². The standard InChI is InChI=1S/C38H30F2N2O3/c1-25(41-38(26-13-5-2-6-14-26,27-15-7-3-8-16-27)28-17-9-4-10-18-28)36(44)45-34-20-12-11-19-32(34)42-24-37(23-35(37)43)29-21-30(39)31(40)22-33(29)42/h2-22,25,41H,23-24H2,1H3/t25-,37+/m0/s1. The van der Waals surface area contributed by atoms with Crippen molar-refractivity contribution in [2.45, 2.75) is 30.3 Å². The molecule has 7 rings (SSSR count). The van der Waals surface area contributed by atoms with Crippen molar-refractivity contribution in [3.8, 4) is 5.75 Å². The van der Waals surface area contributed by atoms with Crippen molar-refractivity contribution in [3.63, 3.8) is 0 Å². The van der Waals surface area contributed by atoms with E-state index in [4.69, 9.17) is 4.74 Å². The van der Waals surface area contributed by atoms with E-state index in [0.29, 0.717) is 16.9 Å². The van der Waals surface area contributed by atoms with Gasteiger partial charge in [-0.3, -0.25) is 10.1 Å². The van der Waals surface area contributed by atoms with Crippen LogP contribution in [0.25, 0.3) is 0 Å². The highest BCUT2D eigenvalue weighted by Gasteiger charge is 2.61. The molecular formula is C38H30F2N2O3. The molecule has 1 aliphatic carbocycles. The monoisotopic (exact) mass is 600 g/mol. The number of para-hydroxylation sites is 2. The van der Waals surface area contributed by atoms with Gasteiger partial charge in [-0.2, -0.15) is 0 Å². The number of ether oxygens (including phenoxy) is 1. The van der Waals surface area contributed by atoms with Crippen molar-refractivity contribution in [2.75, 3.05) is 11.4 Å². The second-order valence-corrected chi connectivity index (χ2v) is 11.7. The summed E-state index contributed by atoms with van der Waals surface area (Å²) in [6.45, 7) is 1.97. The lowest BCUT2D eigenvalue weighted by Gasteiger charge is -2.39. The first-order valence-corrected chi connectivity index (χ1v) is 14.9. The summed E-state index contributed by atoms with van der Waals surface area (Å²) in [6.07, 6.45) is 0.255. The Labute approximate surface area is 260 Å². The molecule has 0 amide bonds. The number of ketones is 1. The number of halogens is 2. The Morgan fingerprint density at radius 1 is 0.778 bits per heavy atom. The number of benzene rings is 5. The quantitative estimate of drug-likeness (QED) is 0.116. The second-order valence-electron chi connectivity index (χ2n) is 11.7. The van der Waals surface area contributed by atoms with E-state index in [2.05, 4.69) is 5.32 Å². The van der Waals surface area contributed by atoms with Crippen molar-refractivity contribution in [1.82, 2.24) is 5.32 Å². The molecule has 45 heavy (non-hydrogen) atoms. The van der Waals surface area contributed by atoms with Gasteiger partial charge < -0.3 is 9.64 Å². The van der Waals surface area contributed by atoms with Crippen molar-refractivity contribution in [3.05, 3.63) is 161 Å². The first-order chi connectivity index (χ1) is 21.8. The van der Waals surface area contributed by atoms with E-state index in [0.717, 1.165) is 28.8 Å². The number of nitrogens with zero attached hydrogens (tertiary/aromatic N) is 1. The number of hydrogen-bond acceptors (Lipinski definition) is 5. The largest absolute Gasteiger partial charge is 0.423 e. The molecule has 0 radical (unpaired) electrons. The molecule has 0 saturated heterocycles. The molecule has 7 heteroatoms. The minimum Gasteiger partial charge on any atom is -0.423 e. The molecular weight excluding hydrogens is 570 g/mol. The van der Waals surface area contributed by atoms with E-state index in [1.54, 1.807) is 36.1 Å². The molecule has 1 N–H and O–H groups in total. The molecule has 1 aliphatic heterocycles. The van der Waals surface area contributed by atoms with Gasteiger partial charge in [0.2, 0.25) is 0 Å². The molecule has 5 aromatic carbocycles. The molecule has 0 aromatic heterocycles. The average Bonchev–Trinajstić information content (AvgIpc) is 3.63. The Hall–Kier alpha value is -5.14. The molecule has 5 nitrogen and oxygen atoms in total. The van der Waals surface area contributed by atoms with Crippen LogP contribution >= 0.6 is 0 Å². The number of anilines is 2. The highest BCUT2D eigenvalue weighted by Crippen LogP contribution is 2.56. The van der Waals surface area contributed by atoms with E-state index in [1.165, 1.54) is 0 Å². The van der Waals surface area contributed by atoms with Crippen LogP contribution in [-0.4, -0.2) is 24.3 Å². The Kier molecular flexibility index (Phi) is 7.06. The van der Waals surface area contributed by atoms with Gasteiger partial charge in [0.05, 0.1) is 16.6 Å². The summed E-state index contributed by atoms with van der Waals surface area (Å²) in [5.74, 6) is -2.30. The van der Waals surface area contributed by atoms with Crippen molar-refractivity contribution >= 4 is 23.1 Å². The Balaban J connectivity index is 1.24. The number of carbonyl (C=O) groups is 2. The summed E-state index contributed by atoms with van der Waals surface area (Å²) in [6, 6.07) is 38.2. The third-order valence-electron chi connectivity index (χ3n) is 8.92. The number of fused-ring (bicyclic) bond motifs is 2. The molecule has 224 valence electrons. The molecule has 2 atom stereocenters. The summed E-state index contributed by atoms with van der Waals surface area (Å²) < 4.78 is 34.8. The molecule has 0 bridgehead atoms. The van der Waals surface area contributed by atoms with Crippen LogP contribution in [0.4, 0.5) is 20.2 Å². The molecule has 1 heterocycles. The van der Waals surface area contributed by atoms with Gasteiger partial charge in [0.15, 0.2) is 17.4 Å². The fourth-order valence-corrected chi connectivity index (χ4v) is 6.58. The number of Topliss-reactive ketones (excluding diaryl/α,β-unsaturated/α-hetero) is 1. The zero-order chi connectivity index (χ0) is 31.2. The van der Waals surface area contributed by atoms with Crippen LogP contribution < -0.4 is 15.0 Å². The summed E-state index contributed by atoms with van der Waals surface area (Å²) in [4.78, 5) is 28.2. The zero-order valence-corrected chi connectivity index (χ0v) is 24.5. The third-order valence-corrected chi connectivity index (χ3v) is 8.92. The molecule has 5 aromatic rings. The molecule has 1 fully saturated rings. The SMILES string of the molecule is C[C@H](NC(c1ccccc1)(c1ccccc1)c1ccccc1)C(=O)Oc1ccccc1N1C[C@]2(CC2=O)c2cc(F)c(F)cc21. The van der Waals surface area contributed by atoms with Gasteiger partial charge >= 0.3 is 5.97 Å². The maximum absolute atomic E-state index is 14.4. The van der Waals surface area contributed by atoms with E-state index >= 15 is 0 Å². The number of hydrogen-bond donors (Lipinski definition) is 1. The highest BCUT2D eigenvalue weighted by molar-refractivity contribution is 6.10. The van der Waals surface area contributed by atoms with Gasteiger partial charge in [0.1, 0.15) is 11.8 Å². The Bertz CT molecular complexity index is 1800. The van der Waals surface area contributed by atoms with Gasteiger partial charge in [0.25, 0.3) is 0 Å². The zero-order valence-electron chi connectivity index (χ0n) is 24.5. The summed E-state index contributed by atoms with van der Waals surface area (Å²) >= 11 is 0. The number of carbonyl (C=O) groups excluding carboxylic acids is 2. The summed E-state index contributed by atoms with van der Waals surface area (Å²) in [5.41, 5.74) is 2.42. The van der Waals surface area contributed by atoms with Crippen LogP contribution in [0.2, 0.25) is 0 Å². The third kappa shape index (κ3) is 4.80. The van der Waals surface area contributed by atoms with Crippen LogP contribution in [0.1, 0.15) is 35.6 Å². The maximum atomic E-state index is 14.4. The summed E-state index contributed by atoms with van der Waals surface area (Å²) in [5, 5.41) is 3.62.